The summed E-state index contributed by atoms with van der Waals surface area (Å²) in [5, 5.41) is 0. The maximum Gasteiger partial charge on any atom is 0.330 e. The maximum absolute atomic E-state index is 13.2. The zero-order valence-electron chi connectivity index (χ0n) is 17.5. The molecule has 2 amide bonds. The molecule has 1 atom stereocenters. The lowest BCUT2D eigenvalue weighted by atomic mass is 10.1. The largest absolute Gasteiger partial charge is 0.383 e. The molecule has 164 valence electrons. The van der Waals surface area contributed by atoms with E-state index in [4.69, 9.17) is 5.73 Å². The molecule has 1 unspecified atom stereocenters. The normalized spacial score (nSPS) is 19.2. The van der Waals surface area contributed by atoms with E-state index in [1.54, 1.807) is 0 Å². The first kappa shape index (κ1) is 20.9. The summed E-state index contributed by atoms with van der Waals surface area (Å²) in [5.74, 6) is -0.984. The number of H-pyrrole nitrogens is 1. The van der Waals surface area contributed by atoms with E-state index in [0.29, 0.717) is 6.54 Å². The van der Waals surface area contributed by atoms with Crippen molar-refractivity contribution >= 4 is 23.3 Å². The van der Waals surface area contributed by atoms with Crippen LogP contribution in [0.1, 0.15) is 37.7 Å². The summed E-state index contributed by atoms with van der Waals surface area (Å²) in [7, 11) is 1.46. The first-order chi connectivity index (χ1) is 14.9. The molecule has 3 N–H and O–H groups in total. The molecule has 1 saturated heterocycles. The van der Waals surface area contributed by atoms with Gasteiger partial charge in [0.1, 0.15) is 5.82 Å². The average molecular weight is 425 g/mol. The van der Waals surface area contributed by atoms with E-state index >= 15 is 0 Å². The lowest BCUT2D eigenvalue weighted by Crippen LogP contribution is -2.42. The van der Waals surface area contributed by atoms with Gasteiger partial charge in [0.25, 0.3) is 5.56 Å². The SMILES string of the molecule is CN(C(=O)C1CC(=O)N(C2CCCC2)C1)c1c(N)n(Cc2ccccc2)c(=O)[nH]c1=O. The van der Waals surface area contributed by atoms with Crippen LogP contribution in [-0.2, 0) is 16.1 Å². The summed E-state index contributed by atoms with van der Waals surface area (Å²) >= 11 is 0. The van der Waals surface area contributed by atoms with E-state index in [1.807, 2.05) is 35.2 Å². The van der Waals surface area contributed by atoms with Gasteiger partial charge in [0.2, 0.25) is 11.8 Å². The van der Waals surface area contributed by atoms with Crippen molar-refractivity contribution in [1.29, 1.82) is 0 Å². The summed E-state index contributed by atoms with van der Waals surface area (Å²) in [4.78, 5) is 55.8. The number of anilines is 2. The summed E-state index contributed by atoms with van der Waals surface area (Å²) in [5.41, 5.74) is 5.59. The van der Waals surface area contributed by atoms with Gasteiger partial charge < -0.3 is 15.5 Å². The van der Waals surface area contributed by atoms with Crippen LogP contribution in [0.3, 0.4) is 0 Å². The molecule has 0 radical (unpaired) electrons. The first-order valence-electron chi connectivity index (χ1n) is 10.6. The number of amides is 2. The Labute approximate surface area is 179 Å². The molecule has 1 aromatic heterocycles. The van der Waals surface area contributed by atoms with E-state index in [0.717, 1.165) is 31.2 Å². The number of likely N-dealkylation sites (tertiary alicyclic amines) is 1. The molecule has 1 aromatic carbocycles. The van der Waals surface area contributed by atoms with Crippen LogP contribution in [0, 0.1) is 5.92 Å². The van der Waals surface area contributed by atoms with Crippen molar-refractivity contribution in [2.24, 2.45) is 5.92 Å². The van der Waals surface area contributed by atoms with Crippen LogP contribution in [0.4, 0.5) is 11.5 Å². The van der Waals surface area contributed by atoms with Crippen LogP contribution in [0.2, 0.25) is 0 Å². The molecule has 2 heterocycles. The Hall–Kier alpha value is -3.36. The van der Waals surface area contributed by atoms with E-state index in [1.165, 1.54) is 16.5 Å². The molecule has 0 spiro atoms. The molecule has 1 saturated carbocycles. The Balaban J connectivity index is 1.59. The highest BCUT2D eigenvalue weighted by Gasteiger charge is 2.40. The van der Waals surface area contributed by atoms with Crippen LogP contribution < -0.4 is 21.9 Å². The van der Waals surface area contributed by atoms with E-state index in [2.05, 4.69) is 4.98 Å². The zero-order valence-corrected chi connectivity index (χ0v) is 17.5. The zero-order chi connectivity index (χ0) is 22.1. The second-order valence-electron chi connectivity index (χ2n) is 8.35. The fourth-order valence-corrected chi connectivity index (χ4v) is 4.67. The number of hydrogen-bond donors (Lipinski definition) is 2. The molecular weight excluding hydrogens is 398 g/mol. The maximum atomic E-state index is 13.2. The highest BCUT2D eigenvalue weighted by molar-refractivity contribution is 6.00. The quantitative estimate of drug-likeness (QED) is 0.738. The number of nitrogens with two attached hydrogens (primary N) is 1. The number of hydrogen-bond acceptors (Lipinski definition) is 5. The van der Waals surface area contributed by atoms with Gasteiger partial charge in [-0.3, -0.25) is 23.9 Å². The number of nitrogen functional groups attached to an aromatic ring is 1. The second-order valence-corrected chi connectivity index (χ2v) is 8.35. The molecule has 9 heteroatoms. The van der Waals surface area contributed by atoms with Gasteiger partial charge in [-0.05, 0) is 18.4 Å². The third-order valence-corrected chi connectivity index (χ3v) is 6.34. The molecule has 0 bridgehead atoms. The molecular formula is C22H27N5O4. The number of carbonyl (C=O) groups is 2. The summed E-state index contributed by atoms with van der Waals surface area (Å²) in [6.07, 6.45) is 4.27. The first-order valence-corrected chi connectivity index (χ1v) is 10.6. The predicted molar refractivity (Wildman–Crippen MR) is 117 cm³/mol. The monoisotopic (exact) mass is 425 g/mol. The van der Waals surface area contributed by atoms with Crippen LogP contribution in [0.15, 0.2) is 39.9 Å². The van der Waals surface area contributed by atoms with Gasteiger partial charge in [0.05, 0.1) is 12.5 Å². The van der Waals surface area contributed by atoms with Crippen molar-refractivity contribution in [2.45, 2.75) is 44.7 Å². The lowest BCUT2D eigenvalue weighted by Gasteiger charge is -2.25. The Kier molecular flexibility index (Phi) is 5.67. The number of carbonyl (C=O) groups excluding carboxylic acids is 2. The van der Waals surface area contributed by atoms with Gasteiger partial charge in [-0.1, -0.05) is 43.2 Å². The van der Waals surface area contributed by atoms with E-state index in [9.17, 15) is 19.2 Å². The van der Waals surface area contributed by atoms with Crippen molar-refractivity contribution in [3.63, 3.8) is 0 Å². The summed E-state index contributed by atoms with van der Waals surface area (Å²) < 4.78 is 1.24. The van der Waals surface area contributed by atoms with E-state index < -0.39 is 17.2 Å². The number of rotatable bonds is 5. The van der Waals surface area contributed by atoms with Crippen LogP contribution >= 0.6 is 0 Å². The van der Waals surface area contributed by atoms with Crippen LogP contribution in [-0.4, -0.2) is 45.9 Å². The number of aromatic nitrogens is 2. The Morgan fingerprint density at radius 1 is 1.16 bits per heavy atom. The van der Waals surface area contributed by atoms with Gasteiger partial charge in [-0.25, -0.2) is 4.79 Å². The highest BCUT2D eigenvalue weighted by atomic mass is 16.2. The number of nitrogens with zero attached hydrogens (tertiary/aromatic N) is 3. The Bertz CT molecular complexity index is 1100. The topological polar surface area (TPSA) is 121 Å². The second kappa shape index (κ2) is 8.41. The van der Waals surface area contributed by atoms with Gasteiger partial charge in [0.15, 0.2) is 5.69 Å². The number of aromatic amines is 1. The van der Waals surface area contributed by atoms with Crippen molar-refractivity contribution in [2.75, 3.05) is 24.2 Å². The fourth-order valence-electron chi connectivity index (χ4n) is 4.67. The molecule has 2 aromatic rings. The minimum atomic E-state index is -0.723. The predicted octanol–water partition coefficient (Wildman–Crippen LogP) is 0.921. The summed E-state index contributed by atoms with van der Waals surface area (Å²) in [6.45, 7) is 0.517. The van der Waals surface area contributed by atoms with Gasteiger partial charge in [-0.15, -0.1) is 0 Å². The van der Waals surface area contributed by atoms with Crippen molar-refractivity contribution in [1.82, 2.24) is 14.5 Å². The van der Waals surface area contributed by atoms with Crippen LogP contribution in [0.5, 0.6) is 0 Å². The molecule has 2 fully saturated rings. The van der Waals surface area contributed by atoms with Gasteiger partial charge in [-0.2, -0.15) is 0 Å². The minimum Gasteiger partial charge on any atom is -0.383 e. The number of nitrogens with one attached hydrogen (secondary N) is 1. The van der Waals surface area contributed by atoms with Crippen molar-refractivity contribution < 1.29 is 9.59 Å². The summed E-state index contributed by atoms with van der Waals surface area (Å²) in [6, 6.07) is 9.42. The fraction of sp³-hybridized carbons (Fsp3) is 0.455. The molecule has 31 heavy (non-hydrogen) atoms. The minimum absolute atomic E-state index is 0.0189. The lowest BCUT2D eigenvalue weighted by molar-refractivity contribution is -0.130. The third kappa shape index (κ3) is 3.99. The highest BCUT2D eigenvalue weighted by Crippen LogP contribution is 2.31. The molecule has 4 rings (SSSR count). The Morgan fingerprint density at radius 2 is 1.84 bits per heavy atom. The molecule has 2 aliphatic rings. The van der Waals surface area contributed by atoms with Gasteiger partial charge >= 0.3 is 5.69 Å². The molecule has 1 aliphatic carbocycles. The third-order valence-electron chi connectivity index (χ3n) is 6.34. The van der Waals surface area contributed by atoms with Crippen LogP contribution in [0.25, 0.3) is 0 Å². The smallest absolute Gasteiger partial charge is 0.330 e. The van der Waals surface area contributed by atoms with Crippen molar-refractivity contribution in [3.05, 3.63) is 56.7 Å². The van der Waals surface area contributed by atoms with E-state index in [-0.39, 0.29) is 42.3 Å². The van der Waals surface area contributed by atoms with Crippen molar-refractivity contribution in [3.8, 4) is 0 Å². The Morgan fingerprint density at radius 3 is 2.52 bits per heavy atom. The van der Waals surface area contributed by atoms with Gasteiger partial charge in [0, 0.05) is 26.1 Å². The average Bonchev–Trinajstić information content (AvgIpc) is 3.40. The molecule has 9 nitrogen and oxygen atoms in total. The number of benzene rings is 1. The molecule has 1 aliphatic heterocycles. The standard InChI is InChI=1S/C22H27N5O4/c1-25(21(30)15-11-17(28)26(13-15)16-9-5-6-10-16)18-19(23)27(22(31)24-20(18)29)12-14-7-3-2-4-8-14/h2-4,7-8,15-16H,5-6,9-13,23H2,1H3,(H,24,29,31).